The summed E-state index contributed by atoms with van der Waals surface area (Å²) in [6.45, 7) is 5.96. The number of hydrogen-bond acceptors (Lipinski definition) is 6. The lowest BCUT2D eigenvalue weighted by Gasteiger charge is -2.37. The molecule has 106 valence electrons. The Morgan fingerprint density at radius 2 is 2.26 bits per heavy atom. The highest BCUT2D eigenvalue weighted by Crippen LogP contribution is 2.27. The standard InChI is InChI=1S/C13H23N5O/c1-9-4-5-18(10(2)6-9)13-7-11(17-14)15-12(16-13)8-19-3/h7,9-10H,4-6,8,14H2,1-3H3,(H,15,16,17). The van der Waals surface area contributed by atoms with Crippen LogP contribution in [0.25, 0.3) is 0 Å². The van der Waals surface area contributed by atoms with E-state index in [0.717, 1.165) is 18.3 Å². The van der Waals surface area contributed by atoms with Crippen LogP contribution in [-0.4, -0.2) is 29.7 Å². The van der Waals surface area contributed by atoms with Crippen LogP contribution in [0.5, 0.6) is 0 Å². The van der Waals surface area contributed by atoms with Gasteiger partial charge in [-0.15, -0.1) is 0 Å². The van der Waals surface area contributed by atoms with Gasteiger partial charge in [0.1, 0.15) is 18.2 Å². The Balaban J connectivity index is 2.25. The van der Waals surface area contributed by atoms with Crippen molar-refractivity contribution in [2.45, 2.75) is 39.3 Å². The van der Waals surface area contributed by atoms with Gasteiger partial charge in [-0.3, -0.25) is 0 Å². The van der Waals surface area contributed by atoms with Gasteiger partial charge in [-0.25, -0.2) is 15.8 Å². The molecule has 1 fully saturated rings. The van der Waals surface area contributed by atoms with Crippen LogP contribution < -0.4 is 16.2 Å². The smallest absolute Gasteiger partial charge is 0.158 e. The fraction of sp³-hybridized carbons (Fsp3) is 0.692. The van der Waals surface area contributed by atoms with E-state index in [0.29, 0.717) is 24.3 Å². The first-order valence-corrected chi connectivity index (χ1v) is 6.74. The second-order valence-corrected chi connectivity index (χ2v) is 5.28. The minimum absolute atomic E-state index is 0.390. The summed E-state index contributed by atoms with van der Waals surface area (Å²) >= 11 is 0. The zero-order valence-electron chi connectivity index (χ0n) is 11.9. The molecule has 2 heterocycles. The van der Waals surface area contributed by atoms with Crippen molar-refractivity contribution >= 4 is 11.6 Å². The third kappa shape index (κ3) is 3.33. The molecule has 1 aliphatic rings. The molecule has 1 aliphatic heterocycles. The van der Waals surface area contributed by atoms with Crippen molar-refractivity contribution in [3.63, 3.8) is 0 Å². The first-order valence-electron chi connectivity index (χ1n) is 6.74. The maximum atomic E-state index is 5.47. The number of hydrogen-bond donors (Lipinski definition) is 2. The van der Waals surface area contributed by atoms with Crippen LogP contribution in [0.15, 0.2) is 6.07 Å². The molecule has 2 unspecified atom stereocenters. The number of piperidine rings is 1. The molecular formula is C13H23N5O. The zero-order valence-corrected chi connectivity index (χ0v) is 11.9. The van der Waals surface area contributed by atoms with Gasteiger partial charge in [0.05, 0.1) is 0 Å². The van der Waals surface area contributed by atoms with Crippen molar-refractivity contribution in [2.75, 3.05) is 24.0 Å². The number of rotatable bonds is 4. The van der Waals surface area contributed by atoms with Crippen LogP contribution in [0.1, 0.15) is 32.5 Å². The van der Waals surface area contributed by atoms with Gasteiger partial charge in [0.15, 0.2) is 5.82 Å². The number of nitrogens with one attached hydrogen (secondary N) is 1. The zero-order chi connectivity index (χ0) is 13.8. The summed E-state index contributed by atoms with van der Waals surface area (Å²) < 4.78 is 5.10. The van der Waals surface area contributed by atoms with Crippen LogP contribution in [0.4, 0.5) is 11.6 Å². The summed E-state index contributed by atoms with van der Waals surface area (Å²) in [4.78, 5) is 11.2. The average molecular weight is 265 g/mol. The number of ether oxygens (including phenoxy) is 1. The van der Waals surface area contributed by atoms with Crippen LogP contribution in [0.2, 0.25) is 0 Å². The third-order valence-electron chi connectivity index (χ3n) is 3.61. The Morgan fingerprint density at radius 3 is 2.89 bits per heavy atom. The Bertz CT molecular complexity index is 425. The predicted molar refractivity (Wildman–Crippen MR) is 75.8 cm³/mol. The molecule has 1 saturated heterocycles. The number of nitrogens with two attached hydrogens (primary N) is 1. The van der Waals surface area contributed by atoms with E-state index in [-0.39, 0.29) is 0 Å². The van der Waals surface area contributed by atoms with E-state index in [4.69, 9.17) is 10.6 Å². The lowest BCUT2D eigenvalue weighted by Crippen LogP contribution is -2.41. The number of hydrazine groups is 1. The van der Waals surface area contributed by atoms with Gasteiger partial charge >= 0.3 is 0 Å². The maximum absolute atomic E-state index is 5.47. The summed E-state index contributed by atoms with van der Waals surface area (Å²) in [5, 5.41) is 0. The Labute approximate surface area is 114 Å². The molecule has 2 rings (SSSR count). The van der Waals surface area contributed by atoms with Crippen LogP contribution >= 0.6 is 0 Å². The highest BCUT2D eigenvalue weighted by molar-refractivity contribution is 5.49. The molecule has 0 amide bonds. The monoisotopic (exact) mass is 265 g/mol. The highest BCUT2D eigenvalue weighted by atomic mass is 16.5. The molecule has 1 aromatic rings. The summed E-state index contributed by atoms with van der Waals surface area (Å²) in [6, 6.07) is 2.38. The van der Waals surface area contributed by atoms with Gasteiger partial charge in [-0.1, -0.05) is 6.92 Å². The van der Waals surface area contributed by atoms with E-state index in [9.17, 15) is 0 Å². The second-order valence-electron chi connectivity index (χ2n) is 5.28. The molecule has 0 radical (unpaired) electrons. The third-order valence-corrected chi connectivity index (χ3v) is 3.61. The minimum atomic E-state index is 0.390. The quantitative estimate of drug-likeness (QED) is 0.635. The van der Waals surface area contributed by atoms with Crippen molar-refractivity contribution in [1.29, 1.82) is 0 Å². The summed E-state index contributed by atoms with van der Waals surface area (Å²) in [5.41, 5.74) is 2.60. The molecule has 6 heteroatoms. The number of nitrogens with zero attached hydrogens (tertiary/aromatic N) is 3. The molecule has 2 atom stereocenters. The van der Waals surface area contributed by atoms with Gasteiger partial charge < -0.3 is 15.1 Å². The average Bonchev–Trinajstić information content (AvgIpc) is 2.38. The Hall–Kier alpha value is -1.40. The predicted octanol–water partition coefficient (Wildman–Crippen LogP) is 1.53. The summed E-state index contributed by atoms with van der Waals surface area (Å²) in [7, 11) is 1.64. The van der Waals surface area contributed by atoms with Crippen LogP contribution in [-0.2, 0) is 11.3 Å². The molecule has 0 aliphatic carbocycles. The second kappa shape index (κ2) is 6.16. The molecule has 0 bridgehead atoms. The van der Waals surface area contributed by atoms with E-state index in [2.05, 4.69) is 34.1 Å². The molecular weight excluding hydrogens is 242 g/mol. The number of anilines is 2. The Kier molecular flexibility index (Phi) is 4.55. The van der Waals surface area contributed by atoms with E-state index < -0.39 is 0 Å². The van der Waals surface area contributed by atoms with Crippen molar-refractivity contribution in [3.8, 4) is 0 Å². The van der Waals surface area contributed by atoms with E-state index in [1.807, 2.05) is 6.07 Å². The van der Waals surface area contributed by atoms with E-state index in [1.165, 1.54) is 12.8 Å². The summed E-state index contributed by atoms with van der Waals surface area (Å²) in [5.74, 6) is 8.45. The number of nitrogen functional groups attached to an aromatic ring is 1. The van der Waals surface area contributed by atoms with Gasteiger partial charge in [0, 0.05) is 25.8 Å². The number of methoxy groups -OCH3 is 1. The van der Waals surface area contributed by atoms with E-state index >= 15 is 0 Å². The fourth-order valence-electron chi connectivity index (χ4n) is 2.65. The topological polar surface area (TPSA) is 76.3 Å². The first-order chi connectivity index (χ1) is 9.13. The molecule has 19 heavy (non-hydrogen) atoms. The first kappa shape index (κ1) is 14.0. The van der Waals surface area contributed by atoms with Crippen molar-refractivity contribution < 1.29 is 4.74 Å². The normalized spacial score (nSPS) is 23.5. The van der Waals surface area contributed by atoms with Crippen molar-refractivity contribution in [3.05, 3.63) is 11.9 Å². The SMILES string of the molecule is COCc1nc(NN)cc(N2CCC(C)CC2C)n1. The van der Waals surface area contributed by atoms with Gasteiger partial charge in [-0.05, 0) is 25.7 Å². The lowest BCUT2D eigenvalue weighted by molar-refractivity contribution is 0.178. The molecule has 1 aromatic heterocycles. The largest absolute Gasteiger partial charge is 0.377 e. The van der Waals surface area contributed by atoms with Crippen LogP contribution in [0.3, 0.4) is 0 Å². The summed E-state index contributed by atoms with van der Waals surface area (Å²) in [6.07, 6.45) is 2.38. The molecule has 0 aromatic carbocycles. The van der Waals surface area contributed by atoms with Gasteiger partial charge in [0.25, 0.3) is 0 Å². The minimum Gasteiger partial charge on any atom is -0.377 e. The number of aromatic nitrogens is 2. The molecule has 6 nitrogen and oxygen atoms in total. The van der Waals surface area contributed by atoms with Crippen LogP contribution in [0, 0.1) is 5.92 Å². The van der Waals surface area contributed by atoms with Crippen molar-refractivity contribution in [2.24, 2.45) is 11.8 Å². The van der Waals surface area contributed by atoms with Gasteiger partial charge in [-0.2, -0.15) is 0 Å². The Morgan fingerprint density at radius 1 is 1.47 bits per heavy atom. The fourth-order valence-corrected chi connectivity index (χ4v) is 2.65. The van der Waals surface area contributed by atoms with Gasteiger partial charge in [0.2, 0.25) is 0 Å². The highest BCUT2D eigenvalue weighted by Gasteiger charge is 2.24. The van der Waals surface area contributed by atoms with Crippen molar-refractivity contribution in [1.82, 2.24) is 9.97 Å². The van der Waals surface area contributed by atoms with E-state index in [1.54, 1.807) is 7.11 Å². The maximum Gasteiger partial charge on any atom is 0.158 e. The molecule has 0 spiro atoms. The molecule has 0 saturated carbocycles. The molecule has 3 N–H and O–H groups in total. The lowest BCUT2D eigenvalue weighted by atomic mass is 9.93.